The van der Waals surface area contributed by atoms with Gasteiger partial charge in [-0.2, -0.15) is 0 Å². The van der Waals surface area contributed by atoms with Crippen molar-refractivity contribution in [1.29, 1.82) is 0 Å². The molecule has 2 rings (SSSR count). The van der Waals surface area contributed by atoms with Gasteiger partial charge in [0, 0.05) is 6.61 Å². The molecular formula is C13H16N2O3. The zero-order chi connectivity index (χ0) is 13.0. The molecular weight excluding hydrogens is 232 g/mol. The summed E-state index contributed by atoms with van der Waals surface area (Å²) in [5.74, 6) is -0.323. The van der Waals surface area contributed by atoms with Crippen LogP contribution in [0.2, 0.25) is 0 Å². The first-order chi connectivity index (χ1) is 8.69. The number of urea groups is 1. The maximum atomic E-state index is 12.0. The van der Waals surface area contributed by atoms with Gasteiger partial charge in [0.2, 0.25) is 0 Å². The highest BCUT2D eigenvalue weighted by atomic mass is 16.3. The molecule has 1 heterocycles. The van der Waals surface area contributed by atoms with E-state index in [0.29, 0.717) is 19.3 Å². The van der Waals surface area contributed by atoms with E-state index in [2.05, 4.69) is 10.6 Å². The van der Waals surface area contributed by atoms with Gasteiger partial charge >= 0.3 is 6.03 Å². The van der Waals surface area contributed by atoms with E-state index >= 15 is 0 Å². The maximum absolute atomic E-state index is 12.0. The van der Waals surface area contributed by atoms with Crippen LogP contribution in [0, 0.1) is 0 Å². The maximum Gasteiger partial charge on any atom is 0.322 e. The van der Waals surface area contributed by atoms with Crippen LogP contribution < -0.4 is 10.6 Å². The molecule has 1 saturated heterocycles. The fourth-order valence-corrected chi connectivity index (χ4v) is 2.24. The Labute approximate surface area is 105 Å². The molecule has 3 N–H and O–H groups in total. The molecule has 18 heavy (non-hydrogen) atoms. The molecule has 0 saturated carbocycles. The van der Waals surface area contributed by atoms with Gasteiger partial charge in [-0.15, -0.1) is 0 Å². The molecule has 1 fully saturated rings. The third-order valence-corrected chi connectivity index (χ3v) is 3.17. The van der Waals surface area contributed by atoms with Crippen molar-refractivity contribution in [3.8, 4) is 0 Å². The Kier molecular flexibility index (Phi) is 3.62. The first kappa shape index (κ1) is 12.6. The summed E-state index contributed by atoms with van der Waals surface area (Å²) in [5, 5.41) is 13.8. The molecule has 0 unspecified atom stereocenters. The van der Waals surface area contributed by atoms with E-state index in [1.165, 1.54) is 0 Å². The number of nitrogens with one attached hydrogen (secondary N) is 2. The van der Waals surface area contributed by atoms with Crippen molar-refractivity contribution in [3.63, 3.8) is 0 Å². The van der Waals surface area contributed by atoms with Gasteiger partial charge in [0.15, 0.2) is 0 Å². The van der Waals surface area contributed by atoms with Crippen molar-refractivity contribution >= 4 is 11.9 Å². The lowest BCUT2D eigenvalue weighted by atomic mass is 9.85. The highest BCUT2D eigenvalue weighted by Crippen LogP contribution is 2.30. The molecule has 1 aromatic rings. The van der Waals surface area contributed by atoms with Gasteiger partial charge in [0.05, 0.1) is 0 Å². The number of hydrogen-bond donors (Lipinski definition) is 3. The molecule has 1 aliphatic heterocycles. The second-order valence-electron chi connectivity index (χ2n) is 4.36. The van der Waals surface area contributed by atoms with Gasteiger partial charge in [-0.05, 0) is 24.8 Å². The topological polar surface area (TPSA) is 78.4 Å². The van der Waals surface area contributed by atoms with E-state index in [1.54, 1.807) is 0 Å². The predicted molar refractivity (Wildman–Crippen MR) is 65.7 cm³/mol. The fraction of sp³-hybridized carbons (Fsp3) is 0.385. The lowest BCUT2D eigenvalue weighted by molar-refractivity contribution is -0.124. The second-order valence-corrected chi connectivity index (χ2v) is 4.36. The van der Waals surface area contributed by atoms with Crippen LogP contribution in [0.1, 0.15) is 24.8 Å². The number of aliphatic hydroxyl groups excluding tert-OH is 1. The Hall–Kier alpha value is -1.88. The molecule has 0 aromatic heterocycles. The number of benzene rings is 1. The zero-order valence-corrected chi connectivity index (χ0v) is 9.98. The molecule has 1 aliphatic rings. The van der Waals surface area contributed by atoms with Crippen LogP contribution >= 0.6 is 0 Å². The van der Waals surface area contributed by atoms with E-state index in [9.17, 15) is 9.59 Å². The Morgan fingerprint density at radius 3 is 2.39 bits per heavy atom. The molecule has 3 amide bonds. The van der Waals surface area contributed by atoms with Crippen LogP contribution in [0.25, 0.3) is 0 Å². The van der Waals surface area contributed by atoms with Crippen LogP contribution in [-0.4, -0.2) is 23.7 Å². The van der Waals surface area contributed by atoms with Crippen LogP contribution in [0.4, 0.5) is 4.79 Å². The first-order valence-corrected chi connectivity index (χ1v) is 5.99. The van der Waals surface area contributed by atoms with E-state index in [0.717, 1.165) is 5.56 Å². The number of carbonyl (C=O) groups excluding carboxylic acids is 2. The lowest BCUT2D eigenvalue weighted by Crippen LogP contribution is -2.43. The van der Waals surface area contributed by atoms with E-state index in [1.807, 2.05) is 30.3 Å². The highest BCUT2D eigenvalue weighted by molar-refractivity contribution is 6.07. The molecule has 1 aromatic carbocycles. The summed E-state index contributed by atoms with van der Waals surface area (Å²) in [6.07, 6.45) is 1.76. The average molecular weight is 248 g/mol. The SMILES string of the molecule is O=C1NC(=O)[C@](CCCCO)(c2ccccc2)N1. The van der Waals surface area contributed by atoms with Gasteiger partial charge in [0.1, 0.15) is 5.54 Å². The molecule has 5 nitrogen and oxygen atoms in total. The second kappa shape index (κ2) is 5.18. The van der Waals surface area contributed by atoms with E-state index in [4.69, 9.17) is 5.11 Å². The van der Waals surface area contributed by atoms with Crippen molar-refractivity contribution in [1.82, 2.24) is 10.6 Å². The normalized spacial score (nSPS) is 22.7. The Morgan fingerprint density at radius 1 is 1.11 bits per heavy atom. The number of imide groups is 1. The third kappa shape index (κ3) is 2.22. The molecule has 96 valence electrons. The number of hydrogen-bond acceptors (Lipinski definition) is 3. The Bertz CT molecular complexity index is 447. The number of unbranched alkanes of at least 4 members (excludes halogenated alkanes) is 1. The minimum absolute atomic E-state index is 0.0838. The summed E-state index contributed by atoms with van der Waals surface area (Å²) >= 11 is 0. The molecule has 1 atom stereocenters. The van der Waals surface area contributed by atoms with Crippen molar-refractivity contribution in [2.24, 2.45) is 0 Å². The fourth-order valence-electron chi connectivity index (χ4n) is 2.24. The molecule has 0 bridgehead atoms. The van der Waals surface area contributed by atoms with Gasteiger partial charge in [-0.1, -0.05) is 30.3 Å². The van der Waals surface area contributed by atoms with Crippen LogP contribution in [0.15, 0.2) is 30.3 Å². The zero-order valence-electron chi connectivity index (χ0n) is 9.98. The minimum atomic E-state index is -0.993. The summed E-state index contributed by atoms with van der Waals surface area (Å²) in [7, 11) is 0. The minimum Gasteiger partial charge on any atom is -0.396 e. The number of amides is 3. The number of carbonyl (C=O) groups is 2. The van der Waals surface area contributed by atoms with E-state index < -0.39 is 11.6 Å². The summed E-state index contributed by atoms with van der Waals surface area (Å²) in [4.78, 5) is 23.4. The molecule has 0 radical (unpaired) electrons. The van der Waals surface area contributed by atoms with Gasteiger partial charge < -0.3 is 10.4 Å². The molecule has 0 spiro atoms. The van der Waals surface area contributed by atoms with Crippen molar-refractivity contribution in [2.45, 2.75) is 24.8 Å². The van der Waals surface area contributed by atoms with Gasteiger partial charge in [-0.25, -0.2) is 4.79 Å². The summed E-state index contributed by atoms with van der Waals surface area (Å²) in [6, 6.07) is 8.71. The Balaban J connectivity index is 2.29. The first-order valence-electron chi connectivity index (χ1n) is 5.99. The van der Waals surface area contributed by atoms with Crippen molar-refractivity contribution in [3.05, 3.63) is 35.9 Å². The predicted octanol–water partition coefficient (Wildman–Crippen LogP) is 0.884. The largest absolute Gasteiger partial charge is 0.396 e. The van der Waals surface area contributed by atoms with Gasteiger partial charge in [-0.3, -0.25) is 10.1 Å². The third-order valence-electron chi connectivity index (χ3n) is 3.17. The standard InChI is InChI=1S/C13H16N2O3/c16-9-5-4-8-13(10-6-2-1-3-7-10)11(17)14-12(18)15-13/h1-3,6-7,16H,4-5,8-9H2,(H2,14,15,17,18)/t13-/m0/s1. The number of aliphatic hydroxyl groups is 1. The monoisotopic (exact) mass is 248 g/mol. The number of rotatable bonds is 5. The van der Waals surface area contributed by atoms with Crippen molar-refractivity contribution < 1.29 is 14.7 Å². The quantitative estimate of drug-likeness (QED) is 0.534. The molecule has 5 heteroatoms. The Morgan fingerprint density at radius 2 is 1.83 bits per heavy atom. The van der Waals surface area contributed by atoms with Crippen LogP contribution in [0.3, 0.4) is 0 Å². The summed E-state index contributed by atoms with van der Waals surface area (Å²) < 4.78 is 0. The van der Waals surface area contributed by atoms with Crippen LogP contribution in [0.5, 0.6) is 0 Å². The van der Waals surface area contributed by atoms with Crippen molar-refractivity contribution in [2.75, 3.05) is 6.61 Å². The summed E-state index contributed by atoms with van der Waals surface area (Å²) in [5.41, 5.74) is -0.223. The highest BCUT2D eigenvalue weighted by Gasteiger charge is 2.46. The summed E-state index contributed by atoms with van der Waals surface area (Å²) in [6.45, 7) is 0.0838. The lowest BCUT2D eigenvalue weighted by Gasteiger charge is -2.26. The molecule has 0 aliphatic carbocycles. The van der Waals surface area contributed by atoms with E-state index in [-0.39, 0.29) is 12.5 Å². The smallest absolute Gasteiger partial charge is 0.322 e. The van der Waals surface area contributed by atoms with Crippen LogP contribution in [-0.2, 0) is 10.3 Å². The average Bonchev–Trinajstić information content (AvgIpc) is 2.67. The van der Waals surface area contributed by atoms with Gasteiger partial charge in [0.25, 0.3) is 5.91 Å².